The first kappa shape index (κ1) is 24.5. The minimum absolute atomic E-state index is 0.169. The molecule has 5 heteroatoms. The standard InChI is InChI=1S/C27H42N2O2.CHN/c1-5-27-14-13-25(3,31)16-19(27)6-7-20-21-8-9-23(26(21,4)12-10-22(20)27)24(30)17-29-15-11-18(2)28-29;1-2/h11,15,19-23,31H,5-10,12-14,16-17H2,1-4H3;1H/t19-,20-,21-,22-,23+,25+,26-,27-;/m0./s1. The highest BCUT2D eigenvalue weighted by molar-refractivity contribution is 5.82. The Kier molecular flexibility index (Phi) is 6.55. The lowest BCUT2D eigenvalue weighted by atomic mass is 9.42. The Morgan fingerprint density at radius 3 is 2.58 bits per heavy atom. The van der Waals surface area contributed by atoms with Crippen molar-refractivity contribution in [2.75, 3.05) is 0 Å². The number of ketones is 1. The Morgan fingerprint density at radius 1 is 1.15 bits per heavy atom. The second-order valence-electron chi connectivity index (χ2n) is 12.2. The molecule has 4 aliphatic carbocycles. The Morgan fingerprint density at radius 2 is 1.91 bits per heavy atom. The number of hydrogen-bond acceptors (Lipinski definition) is 4. The smallest absolute Gasteiger partial charge is 0.157 e. The Labute approximate surface area is 199 Å². The summed E-state index contributed by atoms with van der Waals surface area (Å²) < 4.78 is 1.84. The maximum atomic E-state index is 13.4. The Bertz CT molecular complexity index is 889. The zero-order valence-corrected chi connectivity index (χ0v) is 21.1. The minimum atomic E-state index is -0.463. The van der Waals surface area contributed by atoms with Crippen LogP contribution in [0.2, 0.25) is 0 Å². The van der Waals surface area contributed by atoms with Gasteiger partial charge in [-0.15, -0.1) is 0 Å². The predicted octanol–water partition coefficient (Wildman–Crippen LogP) is 5.70. The number of aromatic nitrogens is 2. The zero-order chi connectivity index (χ0) is 24.0. The molecule has 0 aromatic carbocycles. The number of Topliss-reactive ketones (excluding diaryl/α,β-unsaturated/α-hetero) is 1. The van der Waals surface area contributed by atoms with Crippen LogP contribution in [0.3, 0.4) is 0 Å². The van der Waals surface area contributed by atoms with Crippen LogP contribution in [0.5, 0.6) is 0 Å². The van der Waals surface area contributed by atoms with Gasteiger partial charge in [-0.2, -0.15) is 5.10 Å². The summed E-state index contributed by atoms with van der Waals surface area (Å²) in [6.45, 7) is 12.8. The number of nitrogens with zero attached hydrogens (tertiary/aromatic N) is 3. The Hall–Kier alpha value is -1.67. The normalized spacial score (nSPS) is 44.0. The molecular weight excluding hydrogens is 410 g/mol. The van der Waals surface area contributed by atoms with Gasteiger partial charge < -0.3 is 5.11 Å². The SMILES string of the molecule is C#N.CC[C@]12CC[C@@](C)(O)C[C@@H]1CC[C@H]1[C@@H]3CC[C@H](C(=O)Cn4ccc(C)n4)[C@@]3(C)CC[C@@H]12. The van der Waals surface area contributed by atoms with Crippen molar-refractivity contribution in [2.24, 2.45) is 40.4 Å². The van der Waals surface area contributed by atoms with E-state index in [0.717, 1.165) is 36.8 Å². The molecule has 0 amide bonds. The van der Waals surface area contributed by atoms with Crippen LogP contribution in [0.15, 0.2) is 12.3 Å². The highest BCUT2D eigenvalue weighted by atomic mass is 16.3. The number of rotatable bonds is 4. The molecule has 33 heavy (non-hydrogen) atoms. The number of fused-ring (bicyclic) bond motifs is 5. The molecule has 0 radical (unpaired) electrons. The molecule has 1 heterocycles. The summed E-state index contributed by atoms with van der Waals surface area (Å²) in [5, 5.41) is 21.8. The molecule has 4 saturated carbocycles. The third-order valence-corrected chi connectivity index (χ3v) is 10.8. The molecule has 8 atom stereocenters. The molecule has 0 aliphatic heterocycles. The van der Waals surface area contributed by atoms with Crippen molar-refractivity contribution in [2.45, 2.75) is 104 Å². The van der Waals surface area contributed by atoms with Crippen LogP contribution >= 0.6 is 0 Å². The molecule has 1 N–H and O–H groups in total. The largest absolute Gasteiger partial charge is 0.390 e. The van der Waals surface area contributed by atoms with Crippen LogP contribution in [-0.2, 0) is 11.3 Å². The molecule has 0 spiro atoms. The molecule has 0 bridgehead atoms. The number of carbonyl (C=O) groups excluding carboxylic acids is 1. The molecule has 182 valence electrons. The first-order valence-electron chi connectivity index (χ1n) is 13.2. The lowest BCUT2D eigenvalue weighted by Gasteiger charge is -2.63. The van der Waals surface area contributed by atoms with Crippen molar-refractivity contribution in [3.8, 4) is 6.57 Å². The monoisotopic (exact) mass is 453 g/mol. The van der Waals surface area contributed by atoms with E-state index in [9.17, 15) is 9.90 Å². The predicted molar refractivity (Wildman–Crippen MR) is 129 cm³/mol. The number of nitriles is 1. The van der Waals surface area contributed by atoms with Gasteiger partial charge in [0.2, 0.25) is 0 Å². The molecule has 1 aromatic heterocycles. The second kappa shape index (κ2) is 8.84. The fraction of sp³-hybridized carbons (Fsp3) is 0.821. The zero-order valence-electron chi connectivity index (χ0n) is 21.1. The van der Waals surface area contributed by atoms with E-state index >= 15 is 0 Å². The van der Waals surface area contributed by atoms with E-state index in [0.29, 0.717) is 29.6 Å². The van der Waals surface area contributed by atoms with Crippen LogP contribution in [0.4, 0.5) is 0 Å². The molecule has 4 fully saturated rings. The third-order valence-electron chi connectivity index (χ3n) is 10.8. The van der Waals surface area contributed by atoms with Crippen molar-refractivity contribution in [1.82, 2.24) is 9.78 Å². The summed E-state index contributed by atoms with van der Waals surface area (Å²) >= 11 is 0. The fourth-order valence-electron chi connectivity index (χ4n) is 9.30. The molecule has 1 aromatic rings. The number of carbonyl (C=O) groups is 1. The van der Waals surface area contributed by atoms with E-state index in [2.05, 4.69) is 32.4 Å². The van der Waals surface area contributed by atoms with Gasteiger partial charge in [-0.3, -0.25) is 9.48 Å². The number of hydrogen-bond donors (Lipinski definition) is 1. The minimum Gasteiger partial charge on any atom is -0.390 e. The molecule has 5 rings (SSSR count). The van der Waals surface area contributed by atoms with Crippen molar-refractivity contribution in [3.63, 3.8) is 0 Å². The van der Waals surface area contributed by atoms with Crippen molar-refractivity contribution >= 4 is 5.78 Å². The van der Waals surface area contributed by atoms with Gasteiger partial charge in [-0.1, -0.05) is 13.8 Å². The average molecular weight is 454 g/mol. The average Bonchev–Trinajstić information content (AvgIpc) is 3.36. The molecule has 0 unspecified atom stereocenters. The maximum Gasteiger partial charge on any atom is 0.157 e. The van der Waals surface area contributed by atoms with E-state index < -0.39 is 5.60 Å². The van der Waals surface area contributed by atoms with Gasteiger partial charge in [0.1, 0.15) is 0 Å². The van der Waals surface area contributed by atoms with Gasteiger partial charge >= 0.3 is 0 Å². The molecule has 0 saturated heterocycles. The van der Waals surface area contributed by atoms with E-state index in [1.165, 1.54) is 44.9 Å². The van der Waals surface area contributed by atoms with E-state index in [1.54, 1.807) is 0 Å². The second-order valence-corrected chi connectivity index (χ2v) is 12.2. The van der Waals surface area contributed by atoms with Gasteiger partial charge in [-0.05, 0) is 119 Å². The summed E-state index contributed by atoms with van der Waals surface area (Å²) in [6, 6.07) is 1.99. The lowest BCUT2D eigenvalue weighted by Crippen LogP contribution is -2.56. The summed E-state index contributed by atoms with van der Waals surface area (Å²) in [5.74, 6) is 3.57. The van der Waals surface area contributed by atoms with Crippen LogP contribution in [0.25, 0.3) is 0 Å². The highest BCUT2D eigenvalue weighted by Crippen LogP contribution is 2.69. The topological polar surface area (TPSA) is 78.9 Å². The van der Waals surface area contributed by atoms with E-state index in [-0.39, 0.29) is 11.3 Å². The first-order valence-corrected chi connectivity index (χ1v) is 13.2. The summed E-state index contributed by atoms with van der Waals surface area (Å²) in [4.78, 5) is 13.4. The van der Waals surface area contributed by atoms with Crippen LogP contribution < -0.4 is 0 Å². The molecular formula is C28H43N3O2. The van der Waals surface area contributed by atoms with Crippen molar-refractivity contribution in [3.05, 3.63) is 18.0 Å². The van der Waals surface area contributed by atoms with Crippen LogP contribution in [0, 0.1) is 59.2 Å². The summed E-state index contributed by atoms with van der Waals surface area (Å²) in [6.07, 6.45) is 13.8. The van der Waals surface area contributed by atoms with Gasteiger partial charge in [-0.25, -0.2) is 5.26 Å². The molecule has 4 aliphatic rings. The van der Waals surface area contributed by atoms with Crippen LogP contribution in [-0.4, -0.2) is 26.3 Å². The lowest BCUT2D eigenvalue weighted by molar-refractivity contribution is -0.158. The van der Waals surface area contributed by atoms with Gasteiger partial charge in [0.15, 0.2) is 5.78 Å². The Balaban J connectivity index is 0.00000126. The maximum absolute atomic E-state index is 13.4. The van der Waals surface area contributed by atoms with Crippen molar-refractivity contribution in [1.29, 1.82) is 5.26 Å². The van der Waals surface area contributed by atoms with E-state index in [1.807, 2.05) is 23.9 Å². The number of aryl methyl sites for hydroxylation is 1. The summed E-state index contributed by atoms with van der Waals surface area (Å²) in [7, 11) is 0. The highest BCUT2D eigenvalue weighted by Gasteiger charge is 2.62. The van der Waals surface area contributed by atoms with E-state index in [4.69, 9.17) is 5.26 Å². The quantitative estimate of drug-likeness (QED) is 0.634. The fourth-order valence-corrected chi connectivity index (χ4v) is 9.30. The molecule has 5 nitrogen and oxygen atoms in total. The number of aliphatic hydroxyl groups is 1. The van der Waals surface area contributed by atoms with Crippen molar-refractivity contribution < 1.29 is 9.90 Å². The van der Waals surface area contributed by atoms with Gasteiger partial charge in [0.05, 0.1) is 17.8 Å². The van der Waals surface area contributed by atoms with Crippen LogP contribution in [0.1, 0.15) is 90.7 Å². The van der Waals surface area contributed by atoms with Gasteiger partial charge in [0.25, 0.3) is 0 Å². The third kappa shape index (κ3) is 3.97. The first-order chi connectivity index (χ1) is 15.7. The summed E-state index contributed by atoms with van der Waals surface area (Å²) in [5.41, 5.74) is 1.12. The van der Waals surface area contributed by atoms with Gasteiger partial charge in [0, 0.05) is 18.7 Å².